The molecule has 35 heavy (non-hydrogen) atoms. The average molecular weight is 489 g/mol. The molecule has 13 nitrogen and oxygen atoms in total. The summed E-state index contributed by atoms with van der Waals surface area (Å²) < 4.78 is 8.68. The summed E-state index contributed by atoms with van der Waals surface area (Å²) in [6.07, 6.45) is 1.25. The van der Waals surface area contributed by atoms with E-state index in [1.807, 2.05) is 18.2 Å². The van der Waals surface area contributed by atoms with Gasteiger partial charge in [0, 0.05) is 27.6 Å². The number of aliphatic carboxylic acids is 1. The van der Waals surface area contributed by atoms with E-state index >= 15 is 0 Å². The maximum atomic E-state index is 11.8. The van der Waals surface area contributed by atoms with Crippen molar-refractivity contribution in [2.45, 2.75) is 24.9 Å². The van der Waals surface area contributed by atoms with E-state index in [1.54, 1.807) is 30.8 Å². The zero-order valence-corrected chi connectivity index (χ0v) is 19.8. The van der Waals surface area contributed by atoms with E-state index in [0.717, 1.165) is 10.1 Å². The van der Waals surface area contributed by atoms with Crippen molar-refractivity contribution in [1.29, 1.82) is 0 Å². The quantitative estimate of drug-likeness (QED) is 0.339. The molecule has 0 fully saturated rings. The molecule has 0 aliphatic carbocycles. The highest BCUT2D eigenvalue weighted by atomic mass is 16.5. The minimum Gasteiger partial charge on any atom is -0.481 e. The van der Waals surface area contributed by atoms with E-state index in [0.29, 0.717) is 11.2 Å². The Balaban J connectivity index is 0.000000266. The van der Waals surface area contributed by atoms with Gasteiger partial charge in [0.05, 0.1) is 25.9 Å². The first-order valence-corrected chi connectivity index (χ1v) is 10.4. The third-order valence-electron chi connectivity index (χ3n) is 5.13. The summed E-state index contributed by atoms with van der Waals surface area (Å²) in [7, 11) is 5.99. The zero-order valence-electron chi connectivity index (χ0n) is 19.8. The van der Waals surface area contributed by atoms with Crippen LogP contribution < -0.4 is 22.3 Å². The molecule has 3 rings (SSSR count). The van der Waals surface area contributed by atoms with Crippen LogP contribution in [-0.2, 0) is 46.7 Å². The van der Waals surface area contributed by atoms with Crippen molar-refractivity contribution in [1.82, 2.24) is 24.0 Å². The molecule has 1 amide bonds. The van der Waals surface area contributed by atoms with Gasteiger partial charge in [-0.15, -0.1) is 0 Å². The molecule has 1 aromatic carbocycles. The molecule has 0 aliphatic heterocycles. The normalized spacial score (nSPS) is 12.3. The van der Waals surface area contributed by atoms with Gasteiger partial charge in [-0.1, -0.05) is 30.3 Å². The van der Waals surface area contributed by atoms with Gasteiger partial charge in [0.15, 0.2) is 11.2 Å². The molecule has 0 saturated heterocycles. The van der Waals surface area contributed by atoms with Crippen molar-refractivity contribution in [3.8, 4) is 0 Å². The number of esters is 1. The fraction of sp³-hybridized carbons (Fsp3) is 0.364. The van der Waals surface area contributed by atoms with E-state index in [4.69, 9.17) is 10.8 Å². The predicted molar refractivity (Wildman–Crippen MR) is 126 cm³/mol. The number of hydrogen-bond acceptors (Lipinski definition) is 8. The number of ether oxygens (including phenoxy) is 1. The van der Waals surface area contributed by atoms with Gasteiger partial charge in [-0.2, -0.15) is 0 Å². The largest absolute Gasteiger partial charge is 0.481 e. The molecule has 4 N–H and O–H groups in total. The molecular formula is C22H28N6O7. The van der Waals surface area contributed by atoms with Crippen LogP contribution in [0.1, 0.15) is 12.0 Å². The van der Waals surface area contributed by atoms with Crippen LogP contribution in [0.4, 0.5) is 0 Å². The topological polar surface area (TPSA) is 181 Å². The number of carboxylic acid groups (broad SMARTS) is 1. The van der Waals surface area contributed by atoms with Crippen molar-refractivity contribution in [2.75, 3.05) is 7.11 Å². The lowest BCUT2D eigenvalue weighted by atomic mass is 10.1. The Bertz CT molecular complexity index is 1330. The minimum atomic E-state index is -1.22. The van der Waals surface area contributed by atoms with E-state index in [9.17, 15) is 24.0 Å². The molecule has 2 atom stereocenters. The van der Waals surface area contributed by atoms with Crippen LogP contribution in [-0.4, -0.2) is 60.8 Å². The van der Waals surface area contributed by atoms with Crippen LogP contribution in [0.5, 0.6) is 0 Å². The Labute approximate surface area is 199 Å². The highest BCUT2D eigenvalue weighted by Gasteiger charge is 2.25. The lowest BCUT2D eigenvalue weighted by Gasteiger charge is -2.18. The summed E-state index contributed by atoms with van der Waals surface area (Å²) >= 11 is 0. The molecule has 2 unspecified atom stereocenters. The standard InChI is InChI=1S/C14H18N2O5.C8H10N4O2/c1-21-14(20)11(7-9-5-3-2-4-6-9)16-13(19)10(15)8-12(17)18;1-10-4-9-6-5(10)7(13)12(3)8(14)11(6)2/h2-6,10-11H,7-8,15H2,1H3,(H,16,19)(H,17,18);4H,1-3H3. The van der Waals surface area contributed by atoms with Gasteiger partial charge in [0.25, 0.3) is 5.56 Å². The van der Waals surface area contributed by atoms with Crippen LogP contribution >= 0.6 is 0 Å². The molecular weight excluding hydrogens is 460 g/mol. The monoisotopic (exact) mass is 488 g/mol. The predicted octanol–water partition coefficient (Wildman–Crippen LogP) is -1.34. The number of benzene rings is 1. The lowest BCUT2D eigenvalue weighted by molar-refractivity contribution is -0.145. The molecule has 2 heterocycles. The second-order valence-electron chi connectivity index (χ2n) is 7.71. The zero-order chi connectivity index (χ0) is 26.3. The Kier molecular flexibility index (Phi) is 9.05. The minimum absolute atomic E-state index is 0.235. The van der Waals surface area contributed by atoms with Crippen LogP contribution in [0, 0.1) is 0 Å². The summed E-state index contributed by atoms with van der Waals surface area (Å²) in [5.41, 5.74) is 6.47. The second-order valence-corrected chi connectivity index (χ2v) is 7.71. The van der Waals surface area contributed by atoms with Gasteiger partial charge in [-0.25, -0.2) is 14.6 Å². The number of methoxy groups -OCH3 is 1. The van der Waals surface area contributed by atoms with Gasteiger partial charge < -0.3 is 25.5 Å². The van der Waals surface area contributed by atoms with E-state index in [1.165, 1.54) is 25.1 Å². The van der Waals surface area contributed by atoms with Gasteiger partial charge >= 0.3 is 17.6 Å². The first-order valence-electron chi connectivity index (χ1n) is 10.4. The molecule has 0 radical (unpaired) electrons. The fourth-order valence-electron chi connectivity index (χ4n) is 3.22. The first-order chi connectivity index (χ1) is 16.5. The van der Waals surface area contributed by atoms with Crippen molar-refractivity contribution >= 4 is 29.0 Å². The van der Waals surface area contributed by atoms with Gasteiger partial charge in [-0.05, 0) is 5.56 Å². The Morgan fingerprint density at radius 1 is 1.11 bits per heavy atom. The number of imidazole rings is 1. The third kappa shape index (κ3) is 6.63. The number of carbonyl (C=O) groups excluding carboxylic acids is 2. The maximum Gasteiger partial charge on any atom is 0.332 e. The maximum absolute atomic E-state index is 11.8. The number of carbonyl (C=O) groups is 3. The Hall–Kier alpha value is -4.26. The molecule has 188 valence electrons. The van der Waals surface area contributed by atoms with Gasteiger partial charge in [-0.3, -0.25) is 23.5 Å². The molecule has 3 aromatic rings. The summed E-state index contributed by atoms with van der Waals surface area (Å²) in [5.74, 6) is -2.51. The Morgan fingerprint density at radius 3 is 2.31 bits per heavy atom. The van der Waals surface area contributed by atoms with E-state index in [-0.39, 0.29) is 17.7 Å². The van der Waals surface area contributed by atoms with Crippen LogP contribution in [0.3, 0.4) is 0 Å². The smallest absolute Gasteiger partial charge is 0.332 e. The highest BCUT2D eigenvalue weighted by molar-refractivity contribution is 5.89. The number of rotatable bonds is 7. The van der Waals surface area contributed by atoms with Crippen LogP contribution in [0.15, 0.2) is 46.2 Å². The number of aryl methyl sites for hydroxylation is 2. The lowest BCUT2D eigenvalue weighted by Crippen LogP contribution is -2.50. The number of nitrogens with zero attached hydrogens (tertiary/aromatic N) is 4. The number of aromatic nitrogens is 4. The van der Waals surface area contributed by atoms with E-state index < -0.39 is 36.4 Å². The van der Waals surface area contributed by atoms with Crippen molar-refractivity contribution < 1.29 is 24.2 Å². The van der Waals surface area contributed by atoms with Crippen molar-refractivity contribution in [2.24, 2.45) is 26.9 Å². The van der Waals surface area contributed by atoms with Gasteiger partial charge in [0.1, 0.15) is 6.04 Å². The number of nitrogens with one attached hydrogen (secondary N) is 1. The SMILES string of the molecule is COC(=O)C(Cc1ccccc1)NC(=O)C(N)CC(=O)O.Cn1c(=O)c2c(ncn2C)n(C)c1=O. The molecule has 2 aromatic heterocycles. The highest BCUT2D eigenvalue weighted by Crippen LogP contribution is 2.05. The number of fused-ring (bicyclic) bond motifs is 1. The molecule has 0 spiro atoms. The van der Waals surface area contributed by atoms with Crippen LogP contribution in [0.25, 0.3) is 11.2 Å². The first kappa shape index (κ1) is 27.0. The van der Waals surface area contributed by atoms with Crippen molar-refractivity contribution in [3.63, 3.8) is 0 Å². The van der Waals surface area contributed by atoms with Crippen molar-refractivity contribution in [3.05, 3.63) is 63.1 Å². The molecule has 0 saturated carbocycles. The number of nitrogens with two attached hydrogens (primary N) is 1. The van der Waals surface area contributed by atoms with E-state index in [2.05, 4.69) is 15.0 Å². The Morgan fingerprint density at radius 2 is 1.74 bits per heavy atom. The third-order valence-corrected chi connectivity index (χ3v) is 5.13. The fourth-order valence-corrected chi connectivity index (χ4v) is 3.22. The number of amides is 1. The second kappa shape index (κ2) is 11.7. The number of carboxylic acids is 1. The molecule has 0 bridgehead atoms. The summed E-state index contributed by atoms with van der Waals surface area (Å²) in [6, 6.07) is 6.93. The molecule has 13 heteroatoms. The van der Waals surface area contributed by atoms with Gasteiger partial charge in [0.2, 0.25) is 5.91 Å². The summed E-state index contributed by atoms with van der Waals surface area (Å²) in [4.78, 5) is 61.2. The summed E-state index contributed by atoms with van der Waals surface area (Å²) in [6.45, 7) is 0. The molecule has 0 aliphatic rings. The van der Waals surface area contributed by atoms with Crippen LogP contribution in [0.2, 0.25) is 0 Å². The average Bonchev–Trinajstić information content (AvgIpc) is 3.22. The number of hydrogen-bond donors (Lipinski definition) is 3. The summed E-state index contributed by atoms with van der Waals surface area (Å²) in [5, 5.41) is 11.0.